The maximum Gasteiger partial charge on any atom is 0.393 e. The number of amides is 1. The summed E-state index contributed by atoms with van der Waals surface area (Å²) in [7, 11) is 0. The van der Waals surface area contributed by atoms with Crippen LogP contribution in [0.5, 0.6) is 0 Å². The number of hydrogen-bond donors (Lipinski definition) is 2. The number of carbonyl (C=O) groups is 1. The van der Waals surface area contributed by atoms with Gasteiger partial charge in [-0.25, -0.2) is 9.50 Å². The fraction of sp³-hybridized carbons (Fsp3) is 0.682. The quantitative estimate of drug-likeness (QED) is 0.771. The molecule has 0 aromatic carbocycles. The summed E-state index contributed by atoms with van der Waals surface area (Å²) in [5, 5.41) is 6.90. The molecular weight excluding hydrogens is 407 g/mol. The van der Waals surface area contributed by atoms with E-state index >= 15 is 0 Å². The third kappa shape index (κ3) is 4.29. The Labute approximate surface area is 178 Å². The van der Waals surface area contributed by atoms with E-state index in [9.17, 15) is 18.0 Å². The van der Waals surface area contributed by atoms with Gasteiger partial charge in [0.05, 0.1) is 29.5 Å². The van der Waals surface area contributed by atoms with E-state index in [0.717, 1.165) is 30.4 Å². The number of aromatic nitrogens is 3. The molecule has 2 aliphatic carbocycles. The number of hydrogen-bond acceptors (Lipinski definition) is 4. The van der Waals surface area contributed by atoms with Crippen LogP contribution in [0.4, 0.5) is 13.2 Å². The number of fused-ring (bicyclic) bond motifs is 2. The van der Waals surface area contributed by atoms with Crippen LogP contribution in [0.2, 0.25) is 0 Å². The molecule has 0 spiro atoms. The number of rotatable bonds is 4. The highest BCUT2D eigenvalue weighted by atomic mass is 19.4. The molecule has 5 rings (SSSR count). The van der Waals surface area contributed by atoms with Gasteiger partial charge < -0.3 is 11.1 Å². The Balaban J connectivity index is 1.29. The summed E-state index contributed by atoms with van der Waals surface area (Å²) in [6, 6.07) is 3.39. The van der Waals surface area contributed by atoms with Crippen LogP contribution >= 0.6 is 0 Å². The summed E-state index contributed by atoms with van der Waals surface area (Å²) in [6.07, 6.45) is 3.62. The molecule has 3 aliphatic rings. The SMILES string of the molecule is NC(c1cn2nc(CC3C[C@@H](C(F)(F)F)CNC3=O)ccc2n1)C1CCC2CC2CC1. The summed E-state index contributed by atoms with van der Waals surface area (Å²) >= 11 is 0. The summed E-state index contributed by atoms with van der Waals surface area (Å²) in [6.45, 7) is -0.350. The summed E-state index contributed by atoms with van der Waals surface area (Å²) in [5.41, 5.74) is 8.60. The van der Waals surface area contributed by atoms with E-state index in [1.807, 2.05) is 6.20 Å². The molecule has 5 atom stereocenters. The van der Waals surface area contributed by atoms with Gasteiger partial charge in [-0.1, -0.05) is 0 Å². The van der Waals surface area contributed by atoms with Crippen molar-refractivity contribution >= 4 is 11.6 Å². The minimum atomic E-state index is -4.31. The number of nitrogens with zero attached hydrogens (tertiary/aromatic N) is 3. The molecule has 0 bridgehead atoms. The van der Waals surface area contributed by atoms with Gasteiger partial charge in [-0.15, -0.1) is 0 Å². The van der Waals surface area contributed by atoms with Crippen LogP contribution in [0.25, 0.3) is 5.65 Å². The van der Waals surface area contributed by atoms with Gasteiger partial charge in [-0.05, 0) is 68.4 Å². The zero-order chi connectivity index (χ0) is 21.8. The van der Waals surface area contributed by atoms with Gasteiger partial charge in [-0.2, -0.15) is 18.3 Å². The minimum absolute atomic E-state index is 0.140. The molecule has 1 amide bonds. The average Bonchev–Trinajstić information content (AvgIpc) is 3.38. The number of alkyl halides is 3. The Hall–Kier alpha value is -2.16. The van der Waals surface area contributed by atoms with Crippen molar-refractivity contribution < 1.29 is 18.0 Å². The van der Waals surface area contributed by atoms with Crippen LogP contribution in [-0.4, -0.2) is 33.2 Å². The molecule has 9 heteroatoms. The fourth-order valence-corrected chi connectivity index (χ4v) is 5.41. The molecule has 3 N–H and O–H groups in total. The Morgan fingerprint density at radius 3 is 2.61 bits per heavy atom. The number of nitrogens with one attached hydrogen (secondary N) is 1. The van der Waals surface area contributed by atoms with Gasteiger partial charge in [0.15, 0.2) is 5.65 Å². The van der Waals surface area contributed by atoms with Crippen LogP contribution in [-0.2, 0) is 11.2 Å². The van der Waals surface area contributed by atoms with Crippen LogP contribution < -0.4 is 11.1 Å². The predicted molar refractivity (Wildman–Crippen MR) is 108 cm³/mol. The van der Waals surface area contributed by atoms with Crippen molar-refractivity contribution in [3.63, 3.8) is 0 Å². The number of halogens is 3. The van der Waals surface area contributed by atoms with Crippen molar-refractivity contribution in [3.8, 4) is 0 Å². The molecular formula is C22H28F3N5O. The van der Waals surface area contributed by atoms with E-state index in [1.54, 1.807) is 16.6 Å². The highest BCUT2D eigenvalue weighted by Crippen LogP contribution is 2.50. The first-order valence-corrected chi connectivity index (χ1v) is 11.2. The second-order valence-corrected chi connectivity index (χ2v) is 9.61. The van der Waals surface area contributed by atoms with Crippen molar-refractivity contribution in [2.45, 2.75) is 57.2 Å². The van der Waals surface area contributed by atoms with Gasteiger partial charge in [0.2, 0.25) is 5.91 Å². The Bertz CT molecular complexity index is 962. The molecule has 2 saturated carbocycles. The Kier molecular flexibility index (Phi) is 5.19. The van der Waals surface area contributed by atoms with E-state index in [4.69, 9.17) is 5.73 Å². The molecule has 2 aromatic rings. The summed E-state index contributed by atoms with van der Waals surface area (Å²) in [5.74, 6) is -0.382. The molecule has 4 unspecified atom stereocenters. The van der Waals surface area contributed by atoms with Crippen LogP contribution in [0.15, 0.2) is 18.3 Å². The third-order valence-electron chi connectivity index (χ3n) is 7.51. The van der Waals surface area contributed by atoms with E-state index in [-0.39, 0.29) is 31.3 Å². The average molecular weight is 435 g/mol. The van der Waals surface area contributed by atoms with Crippen LogP contribution in [0.3, 0.4) is 0 Å². The minimum Gasteiger partial charge on any atom is -0.355 e. The fourth-order valence-electron chi connectivity index (χ4n) is 5.41. The zero-order valence-corrected chi connectivity index (χ0v) is 17.3. The Morgan fingerprint density at radius 1 is 1.16 bits per heavy atom. The smallest absolute Gasteiger partial charge is 0.355 e. The van der Waals surface area contributed by atoms with Gasteiger partial charge >= 0.3 is 6.18 Å². The van der Waals surface area contributed by atoms with Gasteiger partial charge in [-0.3, -0.25) is 4.79 Å². The van der Waals surface area contributed by atoms with Crippen molar-refractivity contribution in [2.75, 3.05) is 6.54 Å². The third-order valence-corrected chi connectivity index (χ3v) is 7.51. The second-order valence-electron chi connectivity index (χ2n) is 9.61. The first-order chi connectivity index (χ1) is 14.8. The number of nitrogens with two attached hydrogens (primary N) is 1. The lowest BCUT2D eigenvalue weighted by atomic mass is 9.86. The van der Waals surface area contributed by atoms with Gasteiger partial charge in [0, 0.05) is 18.9 Å². The maximum atomic E-state index is 13.1. The van der Waals surface area contributed by atoms with Crippen molar-refractivity contribution in [3.05, 3.63) is 29.7 Å². The largest absolute Gasteiger partial charge is 0.393 e. The number of carbonyl (C=O) groups excluding carboxylic acids is 1. The van der Waals surface area contributed by atoms with E-state index < -0.39 is 18.0 Å². The van der Waals surface area contributed by atoms with Crippen LogP contribution in [0.1, 0.15) is 56.0 Å². The van der Waals surface area contributed by atoms with Crippen LogP contribution in [0, 0.1) is 29.6 Å². The first kappa shape index (κ1) is 20.7. The van der Waals surface area contributed by atoms with E-state index in [0.29, 0.717) is 17.3 Å². The molecule has 6 nitrogen and oxygen atoms in total. The second kappa shape index (κ2) is 7.76. The van der Waals surface area contributed by atoms with Crippen molar-refractivity contribution in [1.29, 1.82) is 0 Å². The molecule has 31 heavy (non-hydrogen) atoms. The monoisotopic (exact) mass is 435 g/mol. The van der Waals surface area contributed by atoms with E-state index in [1.165, 1.54) is 19.3 Å². The van der Waals surface area contributed by atoms with Gasteiger partial charge in [0.25, 0.3) is 0 Å². The highest BCUT2D eigenvalue weighted by molar-refractivity contribution is 5.79. The molecule has 2 aromatic heterocycles. The molecule has 168 valence electrons. The van der Waals surface area contributed by atoms with Crippen molar-refractivity contribution in [1.82, 2.24) is 19.9 Å². The summed E-state index contributed by atoms with van der Waals surface area (Å²) in [4.78, 5) is 16.8. The first-order valence-electron chi connectivity index (χ1n) is 11.2. The maximum absolute atomic E-state index is 13.1. The molecule has 3 heterocycles. The predicted octanol–water partition coefficient (Wildman–Crippen LogP) is 3.41. The lowest BCUT2D eigenvalue weighted by Gasteiger charge is -2.30. The number of piperidine rings is 1. The molecule has 3 fully saturated rings. The molecule has 1 aliphatic heterocycles. The lowest BCUT2D eigenvalue weighted by molar-refractivity contribution is -0.183. The normalized spacial score (nSPS) is 32.3. The standard InChI is InChI=1S/C22H28F3N5O/c23-22(24,25)16-8-15(21(31)27-10-16)9-17-5-6-19-28-18(11-30(19)29-17)20(26)12-1-3-13-7-14(13)4-2-12/h5-6,11-16,20H,1-4,7-10,26H2,(H,27,31)/t12?,13?,14?,15?,16-,20?/m1/s1. The Morgan fingerprint density at radius 2 is 1.90 bits per heavy atom. The lowest BCUT2D eigenvalue weighted by Crippen LogP contribution is -2.47. The zero-order valence-electron chi connectivity index (χ0n) is 17.3. The van der Waals surface area contributed by atoms with E-state index in [2.05, 4.69) is 15.4 Å². The number of imidazole rings is 1. The topological polar surface area (TPSA) is 85.3 Å². The molecule has 0 radical (unpaired) electrons. The highest BCUT2D eigenvalue weighted by Gasteiger charge is 2.45. The molecule has 1 saturated heterocycles. The van der Waals surface area contributed by atoms with Gasteiger partial charge in [0.1, 0.15) is 0 Å². The van der Waals surface area contributed by atoms with Crippen molar-refractivity contribution in [2.24, 2.45) is 35.3 Å². The summed E-state index contributed by atoms with van der Waals surface area (Å²) < 4.78 is 40.9.